The fourth-order valence-corrected chi connectivity index (χ4v) is 4.16. The van der Waals surface area contributed by atoms with Crippen LogP contribution in [0.5, 0.6) is 0 Å². The van der Waals surface area contributed by atoms with E-state index < -0.39 is 0 Å². The molecule has 0 aromatic heterocycles. The van der Waals surface area contributed by atoms with Crippen molar-refractivity contribution in [3.05, 3.63) is 47.8 Å². The Hall–Kier alpha value is -1.12. The van der Waals surface area contributed by atoms with Gasteiger partial charge in [-0.25, -0.2) is 4.39 Å². The Bertz CT molecular complexity index is 657. The Balaban J connectivity index is 2.06. The molecule has 0 bridgehead atoms. The molecular weight excluding hydrogens is 287 g/mol. The summed E-state index contributed by atoms with van der Waals surface area (Å²) in [6.45, 7) is 6.35. The van der Waals surface area contributed by atoms with Crippen molar-refractivity contribution in [2.24, 2.45) is 11.8 Å². The second-order valence-electron chi connectivity index (χ2n) is 6.07. The Morgan fingerprint density at radius 2 is 1.67 bits per heavy atom. The molecule has 21 heavy (non-hydrogen) atoms. The molecule has 1 saturated heterocycles. The van der Waals surface area contributed by atoms with Gasteiger partial charge in [0.1, 0.15) is 5.82 Å². The van der Waals surface area contributed by atoms with Gasteiger partial charge < -0.3 is 4.74 Å². The summed E-state index contributed by atoms with van der Waals surface area (Å²) in [6, 6.07) is 10.9. The molecule has 2 aromatic carbocycles. The molecule has 1 nitrogen and oxygen atoms in total. The van der Waals surface area contributed by atoms with Gasteiger partial charge in [-0.15, -0.1) is 11.6 Å². The maximum absolute atomic E-state index is 14.0. The van der Waals surface area contributed by atoms with Crippen molar-refractivity contribution in [3.8, 4) is 0 Å². The highest BCUT2D eigenvalue weighted by Crippen LogP contribution is 2.45. The van der Waals surface area contributed by atoms with E-state index in [1.54, 1.807) is 6.07 Å². The molecule has 1 aliphatic rings. The van der Waals surface area contributed by atoms with Crippen LogP contribution >= 0.6 is 11.6 Å². The molecule has 112 valence electrons. The lowest BCUT2D eigenvalue weighted by molar-refractivity contribution is 0.0508. The highest BCUT2D eigenvalue weighted by molar-refractivity contribution is 6.22. The van der Waals surface area contributed by atoms with Gasteiger partial charge in [0.25, 0.3) is 0 Å². The monoisotopic (exact) mass is 306 g/mol. The first-order chi connectivity index (χ1) is 10.0. The van der Waals surface area contributed by atoms with Crippen molar-refractivity contribution in [2.45, 2.75) is 38.4 Å². The molecule has 3 rings (SSSR count). The van der Waals surface area contributed by atoms with Crippen molar-refractivity contribution in [2.75, 3.05) is 0 Å². The highest BCUT2D eigenvalue weighted by atomic mass is 35.5. The number of halogens is 2. The summed E-state index contributed by atoms with van der Waals surface area (Å²) in [5.74, 6) is 0.414. The minimum atomic E-state index is -0.199. The van der Waals surface area contributed by atoms with E-state index in [9.17, 15) is 4.39 Å². The number of rotatable bonds is 2. The molecule has 5 atom stereocenters. The van der Waals surface area contributed by atoms with Crippen LogP contribution in [0.25, 0.3) is 10.8 Å². The maximum atomic E-state index is 14.0. The molecule has 0 saturated carbocycles. The van der Waals surface area contributed by atoms with Crippen LogP contribution < -0.4 is 0 Å². The van der Waals surface area contributed by atoms with Gasteiger partial charge in [-0.2, -0.15) is 0 Å². The first kappa shape index (κ1) is 14.8. The van der Waals surface area contributed by atoms with Crippen LogP contribution in [0.1, 0.15) is 31.7 Å². The Morgan fingerprint density at radius 3 is 2.29 bits per heavy atom. The van der Waals surface area contributed by atoms with Crippen LogP contribution in [0.3, 0.4) is 0 Å². The van der Waals surface area contributed by atoms with Gasteiger partial charge in [-0.1, -0.05) is 37.3 Å². The molecule has 5 unspecified atom stereocenters. The van der Waals surface area contributed by atoms with Gasteiger partial charge in [-0.3, -0.25) is 0 Å². The summed E-state index contributed by atoms with van der Waals surface area (Å²) in [5.41, 5.74) is 0.995. The molecule has 0 N–H and O–H groups in total. The van der Waals surface area contributed by atoms with E-state index in [1.807, 2.05) is 24.3 Å². The Morgan fingerprint density at radius 1 is 1.00 bits per heavy atom. The molecule has 1 aliphatic heterocycles. The van der Waals surface area contributed by atoms with Gasteiger partial charge in [-0.05, 0) is 36.8 Å². The predicted molar refractivity (Wildman–Crippen MR) is 85.2 cm³/mol. The van der Waals surface area contributed by atoms with Crippen LogP contribution in [0.15, 0.2) is 36.4 Å². The first-order valence-corrected chi connectivity index (χ1v) is 7.91. The third-order valence-electron chi connectivity index (χ3n) is 4.86. The van der Waals surface area contributed by atoms with E-state index >= 15 is 0 Å². The Labute approximate surface area is 130 Å². The van der Waals surface area contributed by atoms with Gasteiger partial charge in [0.2, 0.25) is 0 Å². The molecular formula is C18H20ClFO. The van der Waals surface area contributed by atoms with Crippen molar-refractivity contribution < 1.29 is 9.13 Å². The molecule has 3 heteroatoms. The van der Waals surface area contributed by atoms with E-state index in [0.29, 0.717) is 11.3 Å². The average molecular weight is 307 g/mol. The zero-order chi connectivity index (χ0) is 15.1. The van der Waals surface area contributed by atoms with Crippen LogP contribution in [0.2, 0.25) is 0 Å². The highest BCUT2D eigenvalue weighted by Gasteiger charge is 2.41. The van der Waals surface area contributed by atoms with E-state index in [4.69, 9.17) is 16.3 Å². The summed E-state index contributed by atoms with van der Waals surface area (Å²) in [7, 11) is 0. The van der Waals surface area contributed by atoms with Crippen molar-refractivity contribution in [1.82, 2.24) is 0 Å². The summed E-state index contributed by atoms with van der Waals surface area (Å²) in [6.07, 6.45) is 0.319. The van der Waals surface area contributed by atoms with Crippen LogP contribution in [0, 0.1) is 17.7 Å². The van der Waals surface area contributed by atoms with Gasteiger partial charge in [0.15, 0.2) is 0 Å². The van der Waals surface area contributed by atoms with E-state index in [1.165, 1.54) is 6.07 Å². The number of benzene rings is 2. The molecule has 0 amide bonds. The quantitative estimate of drug-likeness (QED) is 0.682. The molecule has 0 aliphatic carbocycles. The normalized spacial score (nSPS) is 30.7. The van der Waals surface area contributed by atoms with E-state index in [0.717, 1.165) is 10.9 Å². The van der Waals surface area contributed by atoms with E-state index in [2.05, 4.69) is 20.8 Å². The fraction of sp³-hybridized carbons (Fsp3) is 0.444. The predicted octanol–water partition coefficient (Wildman–Crippen LogP) is 5.32. The molecule has 0 radical (unpaired) electrons. The number of ether oxygens (including phenoxy) is 1. The molecule has 2 aromatic rings. The van der Waals surface area contributed by atoms with Crippen LogP contribution in [0.4, 0.5) is 4.39 Å². The standard InChI is InChI=1S/C18H20ClFO/c1-10-11(2)21-12(3)17(10)18(19)15-8-9-16(20)14-7-5-4-6-13(14)15/h4-12,17-18H,1-3H3. The summed E-state index contributed by atoms with van der Waals surface area (Å²) < 4.78 is 19.9. The smallest absolute Gasteiger partial charge is 0.131 e. The number of alkyl halides is 1. The minimum Gasteiger partial charge on any atom is -0.375 e. The van der Waals surface area contributed by atoms with Gasteiger partial charge >= 0.3 is 0 Å². The lowest BCUT2D eigenvalue weighted by Crippen LogP contribution is -2.22. The topological polar surface area (TPSA) is 9.23 Å². The lowest BCUT2D eigenvalue weighted by atomic mass is 9.83. The summed E-state index contributed by atoms with van der Waals surface area (Å²) in [4.78, 5) is 0. The third kappa shape index (κ3) is 2.45. The largest absolute Gasteiger partial charge is 0.375 e. The number of hydrogen-bond acceptors (Lipinski definition) is 1. The third-order valence-corrected chi connectivity index (χ3v) is 5.38. The molecule has 1 fully saturated rings. The van der Waals surface area contributed by atoms with Crippen molar-refractivity contribution in [3.63, 3.8) is 0 Å². The van der Waals surface area contributed by atoms with E-state index in [-0.39, 0.29) is 29.3 Å². The molecule has 0 spiro atoms. The molecule has 1 heterocycles. The number of hydrogen-bond donors (Lipinski definition) is 0. The lowest BCUT2D eigenvalue weighted by Gasteiger charge is -2.25. The summed E-state index contributed by atoms with van der Waals surface area (Å²) >= 11 is 6.80. The second-order valence-corrected chi connectivity index (χ2v) is 6.54. The number of fused-ring (bicyclic) bond motifs is 1. The van der Waals surface area contributed by atoms with Crippen LogP contribution in [-0.4, -0.2) is 12.2 Å². The van der Waals surface area contributed by atoms with Crippen LogP contribution in [-0.2, 0) is 4.74 Å². The second kappa shape index (κ2) is 5.58. The first-order valence-electron chi connectivity index (χ1n) is 7.47. The SMILES string of the molecule is CC1OC(C)C(C(Cl)c2ccc(F)c3ccccc23)C1C. The van der Waals surface area contributed by atoms with Crippen molar-refractivity contribution in [1.29, 1.82) is 0 Å². The van der Waals surface area contributed by atoms with Crippen molar-refractivity contribution >= 4 is 22.4 Å². The minimum absolute atomic E-state index is 0.112. The summed E-state index contributed by atoms with van der Waals surface area (Å²) in [5, 5.41) is 1.36. The zero-order valence-electron chi connectivity index (χ0n) is 12.5. The zero-order valence-corrected chi connectivity index (χ0v) is 13.3. The fourth-order valence-electron chi connectivity index (χ4n) is 3.53. The van der Waals surface area contributed by atoms with Gasteiger partial charge in [0, 0.05) is 11.3 Å². The average Bonchev–Trinajstić information content (AvgIpc) is 2.72. The Kier molecular flexibility index (Phi) is 3.94. The van der Waals surface area contributed by atoms with Gasteiger partial charge in [0.05, 0.1) is 17.6 Å². The maximum Gasteiger partial charge on any atom is 0.131 e.